The van der Waals surface area contributed by atoms with Crippen LogP contribution >= 0.6 is 0 Å². The summed E-state index contributed by atoms with van der Waals surface area (Å²) in [7, 11) is 1.65. The zero-order chi connectivity index (χ0) is 15.5. The number of benzene rings is 1. The molecule has 0 saturated carbocycles. The van der Waals surface area contributed by atoms with Gasteiger partial charge in [-0.1, -0.05) is 6.92 Å². The zero-order valence-electron chi connectivity index (χ0n) is 12.1. The average Bonchev–Trinajstić information content (AvgIpc) is 2.39. The van der Waals surface area contributed by atoms with Gasteiger partial charge in [-0.2, -0.15) is 0 Å². The number of amides is 2. The lowest BCUT2D eigenvalue weighted by Gasteiger charge is -2.34. The largest absolute Gasteiger partial charge is 0.508 e. The molecule has 0 bridgehead atoms. The number of aromatic hydroxyl groups is 1. The molecular weight excluding hydrogens is 260 g/mol. The van der Waals surface area contributed by atoms with Crippen LogP contribution in [0.5, 0.6) is 5.75 Å². The van der Waals surface area contributed by atoms with Crippen molar-refractivity contribution in [2.45, 2.75) is 32.7 Å². The number of anilines is 1. The SMILES string of the molecule is CCC(C)(C)N(C)C(=O)Nc1ccc(O)cc1C(=O)O. The first-order valence-electron chi connectivity index (χ1n) is 6.30. The third-order valence-corrected chi connectivity index (χ3v) is 3.55. The van der Waals surface area contributed by atoms with Crippen molar-refractivity contribution in [1.29, 1.82) is 0 Å². The number of carbonyl (C=O) groups excluding carboxylic acids is 1. The van der Waals surface area contributed by atoms with Gasteiger partial charge < -0.3 is 20.4 Å². The van der Waals surface area contributed by atoms with E-state index in [1.807, 2.05) is 20.8 Å². The van der Waals surface area contributed by atoms with Crippen molar-refractivity contribution < 1.29 is 19.8 Å². The van der Waals surface area contributed by atoms with Gasteiger partial charge in [0.05, 0.1) is 11.3 Å². The van der Waals surface area contributed by atoms with Crippen molar-refractivity contribution in [2.75, 3.05) is 12.4 Å². The van der Waals surface area contributed by atoms with Gasteiger partial charge in [0.25, 0.3) is 0 Å². The van der Waals surface area contributed by atoms with Crippen LogP contribution in [0.25, 0.3) is 0 Å². The summed E-state index contributed by atoms with van der Waals surface area (Å²) in [5.74, 6) is -1.38. The molecule has 0 aliphatic heterocycles. The van der Waals surface area contributed by atoms with Crippen LogP contribution in [-0.2, 0) is 0 Å². The van der Waals surface area contributed by atoms with Gasteiger partial charge >= 0.3 is 12.0 Å². The molecule has 6 nitrogen and oxygen atoms in total. The molecule has 6 heteroatoms. The van der Waals surface area contributed by atoms with Crippen LogP contribution < -0.4 is 5.32 Å². The van der Waals surface area contributed by atoms with Gasteiger partial charge in [0.15, 0.2) is 0 Å². The Bertz CT molecular complexity index is 526. The van der Waals surface area contributed by atoms with E-state index in [4.69, 9.17) is 5.11 Å². The minimum Gasteiger partial charge on any atom is -0.508 e. The second kappa shape index (κ2) is 5.81. The van der Waals surface area contributed by atoms with E-state index in [0.717, 1.165) is 12.5 Å². The predicted octanol–water partition coefficient (Wildman–Crippen LogP) is 2.74. The van der Waals surface area contributed by atoms with E-state index in [9.17, 15) is 14.7 Å². The third kappa shape index (κ3) is 3.40. The minimum atomic E-state index is -1.21. The van der Waals surface area contributed by atoms with Crippen LogP contribution in [0.1, 0.15) is 37.6 Å². The van der Waals surface area contributed by atoms with Gasteiger partial charge in [-0.05, 0) is 38.5 Å². The molecule has 0 spiro atoms. The highest BCUT2D eigenvalue weighted by molar-refractivity contribution is 6.00. The van der Waals surface area contributed by atoms with Crippen LogP contribution in [0.3, 0.4) is 0 Å². The topological polar surface area (TPSA) is 89.9 Å². The van der Waals surface area contributed by atoms with E-state index in [-0.39, 0.29) is 22.5 Å². The average molecular weight is 280 g/mol. The van der Waals surface area contributed by atoms with Crippen LogP contribution in [0, 0.1) is 0 Å². The summed E-state index contributed by atoms with van der Waals surface area (Å²) in [6.45, 7) is 5.80. The number of carboxylic acid groups (broad SMARTS) is 1. The van der Waals surface area contributed by atoms with Crippen LogP contribution in [0.15, 0.2) is 18.2 Å². The molecule has 0 radical (unpaired) electrons. The van der Waals surface area contributed by atoms with E-state index in [0.29, 0.717) is 0 Å². The first kappa shape index (κ1) is 15.8. The third-order valence-electron chi connectivity index (χ3n) is 3.55. The van der Waals surface area contributed by atoms with Crippen LogP contribution in [0.2, 0.25) is 0 Å². The molecule has 110 valence electrons. The monoisotopic (exact) mass is 280 g/mol. The lowest BCUT2D eigenvalue weighted by Crippen LogP contribution is -2.46. The van der Waals surface area contributed by atoms with Gasteiger partial charge in [-0.15, -0.1) is 0 Å². The number of carboxylic acids is 1. The predicted molar refractivity (Wildman–Crippen MR) is 76.2 cm³/mol. The Morgan fingerprint density at radius 2 is 1.95 bits per heavy atom. The normalized spacial score (nSPS) is 11.0. The molecule has 1 rings (SSSR count). The molecule has 0 saturated heterocycles. The van der Waals surface area contributed by atoms with Gasteiger partial charge in [0.1, 0.15) is 5.75 Å². The van der Waals surface area contributed by atoms with Crippen molar-refractivity contribution in [3.8, 4) is 5.75 Å². The van der Waals surface area contributed by atoms with Gasteiger partial charge in [0.2, 0.25) is 0 Å². The van der Waals surface area contributed by atoms with E-state index in [2.05, 4.69) is 5.32 Å². The fourth-order valence-electron chi connectivity index (χ4n) is 1.53. The number of hydrogen-bond acceptors (Lipinski definition) is 3. The molecule has 0 unspecified atom stereocenters. The number of aromatic carboxylic acids is 1. The maximum absolute atomic E-state index is 12.1. The lowest BCUT2D eigenvalue weighted by atomic mass is 10.0. The molecular formula is C14H20N2O4. The number of nitrogens with zero attached hydrogens (tertiary/aromatic N) is 1. The van der Waals surface area contributed by atoms with Crippen molar-refractivity contribution >= 4 is 17.7 Å². The molecule has 0 heterocycles. The molecule has 20 heavy (non-hydrogen) atoms. The van der Waals surface area contributed by atoms with Crippen molar-refractivity contribution in [2.24, 2.45) is 0 Å². The summed E-state index contributed by atoms with van der Waals surface area (Å²) in [5.41, 5.74) is -0.343. The van der Waals surface area contributed by atoms with Crippen LogP contribution in [-0.4, -0.2) is 39.7 Å². The minimum absolute atomic E-state index is 0.152. The second-order valence-electron chi connectivity index (χ2n) is 5.19. The molecule has 0 atom stereocenters. The second-order valence-corrected chi connectivity index (χ2v) is 5.19. The first-order chi connectivity index (χ1) is 9.19. The molecule has 1 aromatic carbocycles. The zero-order valence-corrected chi connectivity index (χ0v) is 12.1. The molecule has 3 N–H and O–H groups in total. The fourth-order valence-corrected chi connectivity index (χ4v) is 1.53. The van der Waals surface area contributed by atoms with E-state index in [1.165, 1.54) is 17.0 Å². The van der Waals surface area contributed by atoms with Crippen molar-refractivity contribution in [1.82, 2.24) is 4.90 Å². The highest BCUT2D eigenvalue weighted by atomic mass is 16.4. The van der Waals surface area contributed by atoms with E-state index < -0.39 is 12.0 Å². The fraction of sp³-hybridized carbons (Fsp3) is 0.429. The number of carbonyl (C=O) groups is 2. The number of phenols is 1. The number of rotatable bonds is 4. The van der Waals surface area contributed by atoms with Gasteiger partial charge in [-0.3, -0.25) is 0 Å². The Balaban J connectivity index is 3.00. The van der Waals surface area contributed by atoms with E-state index in [1.54, 1.807) is 7.05 Å². The summed E-state index contributed by atoms with van der Waals surface area (Å²) in [6.07, 6.45) is 0.762. The maximum atomic E-state index is 12.1. The van der Waals surface area contributed by atoms with Crippen molar-refractivity contribution in [3.63, 3.8) is 0 Å². The molecule has 0 aliphatic rings. The molecule has 2 amide bonds. The standard InChI is InChI=1S/C14H20N2O4/c1-5-14(2,3)16(4)13(20)15-11-7-6-9(17)8-10(11)12(18)19/h6-8,17H,5H2,1-4H3,(H,15,20)(H,18,19). The number of hydrogen-bond donors (Lipinski definition) is 3. The van der Waals surface area contributed by atoms with E-state index >= 15 is 0 Å². The summed E-state index contributed by atoms with van der Waals surface area (Å²) < 4.78 is 0. The maximum Gasteiger partial charge on any atom is 0.337 e. The van der Waals surface area contributed by atoms with Gasteiger partial charge in [-0.25, -0.2) is 9.59 Å². The Labute approximate surface area is 118 Å². The molecule has 0 aromatic heterocycles. The summed E-state index contributed by atoms with van der Waals surface area (Å²) >= 11 is 0. The number of phenolic OH excluding ortho intramolecular Hbond substituents is 1. The van der Waals surface area contributed by atoms with Crippen molar-refractivity contribution in [3.05, 3.63) is 23.8 Å². The Morgan fingerprint density at radius 3 is 2.45 bits per heavy atom. The number of urea groups is 1. The van der Waals surface area contributed by atoms with Gasteiger partial charge in [0, 0.05) is 12.6 Å². The summed E-state index contributed by atoms with van der Waals surface area (Å²) in [4.78, 5) is 24.8. The number of nitrogens with one attached hydrogen (secondary N) is 1. The Kier molecular flexibility index (Phi) is 4.60. The molecule has 1 aromatic rings. The Hall–Kier alpha value is -2.24. The highest BCUT2D eigenvalue weighted by Crippen LogP contribution is 2.23. The quantitative estimate of drug-likeness (QED) is 0.740. The summed E-state index contributed by atoms with van der Waals surface area (Å²) in [6, 6.07) is 3.39. The summed E-state index contributed by atoms with van der Waals surface area (Å²) in [5, 5.41) is 20.9. The highest BCUT2D eigenvalue weighted by Gasteiger charge is 2.26. The van der Waals surface area contributed by atoms with Crippen LogP contribution in [0.4, 0.5) is 10.5 Å². The molecule has 0 fully saturated rings. The Morgan fingerprint density at radius 1 is 1.35 bits per heavy atom. The first-order valence-corrected chi connectivity index (χ1v) is 6.30. The molecule has 0 aliphatic carbocycles. The smallest absolute Gasteiger partial charge is 0.337 e. The lowest BCUT2D eigenvalue weighted by molar-refractivity contribution is 0.0697.